The Kier molecular flexibility index (Phi) is 4.70. The van der Waals surface area contributed by atoms with Crippen LogP contribution in [0.4, 0.5) is 4.39 Å². The molecular formula is C15H19FN2OS. The number of nitrogens with zero attached hydrogens (tertiary/aromatic N) is 1. The minimum atomic E-state index is -0.374. The quantitative estimate of drug-likeness (QED) is 0.872. The summed E-state index contributed by atoms with van der Waals surface area (Å²) in [7, 11) is 0. The van der Waals surface area contributed by atoms with E-state index >= 15 is 0 Å². The number of hydrogen-bond acceptors (Lipinski definition) is 2. The summed E-state index contributed by atoms with van der Waals surface area (Å²) < 4.78 is 13.6. The first-order valence-corrected chi connectivity index (χ1v) is 7.23. The van der Waals surface area contributed by atoms with Gasteiger partial charge in [-0.1, -0.05) is 19.1 Å². The molecule has 0 radical (unpaired) electrons. The molecule has 0 bridgehead atoms. The number of rotatable bonds is 3. The highest BCUT2D eigenvalue weighted by atomic mass is 32.1. The molecular weight excluding hydrogens is 275 g/mol. The molecule has 1 atom stereocenters. The van der Waals surface area contributed by atoms with Crippen LogP contribution in [-0.2, 0) is 11.3 Å². The molecule has 2 N–H and O–H groups in total. The van der Waals surface area contributed by atoms with Crippen molar-refractivity contribution in [3.05, 3.63) is 35.1 Å². The van der Waals surface area contributed by atoms with Gasteiger partial charge in [-0.3, -0.25) is 4.79 Å². The predicted molar refractivity (Wildman–Crippen MR) is 80.7 cm³/mol. The fourth-order valence-corrected chi connectivity index (χ4v) is 2.56. The number of benzene rings is 1. The van der Waals surface area contributed by atoms with Crippen LogP contribution in [0.5, 0.6) is 0 Å². The molecule has 108 valence electrons. The summed E-state index contributed by atoms with van der Waals surface area (Å²) in [6.07, 6.45) is 2.48. The van der Waals surface area contributed by atoms with Crippen LogP contribution in [0.1, 0.15) is 37.3 Å². The van der Waals surface area contributed by atoms with Crippen molar-refractivity contribution >= 4 is 23.1 Å². The monoisotopic (exact) mass is 294 g/mol. The third-order valence-electron chi connectivity index (χ3n) is 3.71. The van der Waals surface area contributed by atoms with E-state index < -0.39 is 0 Å². The highest BCUT2D eigenvalue weighted by Crippen LogP contribution is 2.20. The van der Waals surface area contributed by atoms with E-state index in [1.165, 1.54) is 12.1 Å². The Morgan fingerprint density at radius 1 is 1.45 bits per heavy atom. The second-order valence-electron chi connectivity index (χ2n) is 5.46. The van der Waals surface area contributed by atoms with Gasteiger partial charge in [0.05, 0.1) is 0 Å². The standard InChI is InChI=1S/C15H19FN2OS/c1-10-2-3-14(19)18(5-4-10)9-11-6-12(15(17)20)8-13(16)7-11/h6-8,10H,2-5,9H2,1H3,(H2,17,20). The number of halogens is 1. The van der Waals surface area contributed by atoms with Crippen molar-refractivity contribution in [3.63, 3.8) is 0 Å². The van der Waals surface area contributed by atoms with Gasteiger partial charge in [-0.2, -0.15) is 0 Å². The van der Waals surface area contributed by atoms with E-state index in [1.807, 2.05) is 0 Å². The van der Waals surface area contributed by atoms with Crippen molar-refractivity contribution in [1.29, 1.82) is 0 Å². The van der Waals surface area contributed by atoms with E-state index in [1.54, 1.807) is 11.0 Å². The van der Waals surface area contributed by atoms with E-state index in [-0.39, 0.29) is 16.7 Å². The largest absolute Gasteiger partial charge is 0.389 e. The lowest BCUT2D eigenvalue weighted by atomic mass is 10.0. The number of carbonyl (C=O) groups is 1. The molecule has 1 aliphatic rings. The van der Waals surface area contributed by atoms with Gasteiger partial charge in [0.15, 0.2) is 0 Å². The molecule has 0 spiro atoms. The highest BCUT2D eigenvalue weighted by Gasteiger charge is 2.20. The number of nitrogens with two attached hydrogens (primary N) is 1. The third kappa shape index (κ3) is 3.76. The lowest BCUT2D eigenvalue weighted by molar-refractivity contribution is -0.131. The molecule has 0 saturated carbocycles. The first-order valence-electron chi connectivity index (χ1n) is 6.82. The maximum Gasteiger partial charge on any atom is 0.222 e. The molecule has 1 aliphatic heterocycles. The van der Waals surface area contributed by atoms with Crippen molar-refractivity contribution in [3.8, 4) is 0 Å². The zero-order valence-electron chi connectivity index (χ0n) is 11.6. The molecule has 5 heteroatoms. The Bertz CT molecular complexity index is 533. The van der Waals surface area contributed by atoms with Crippen LogP contribution in [0.2, 0.25) is 0 Å². The summed E-state index contributed by atoms with van der Waals surface area (Å²) >= 11 is 4.88. The molecule has 2 rings (SSSR count). The van der Waals surface area contributed by atoms with Gasteiger partial charge in [0, 0.05) is 25.1 Å². The summed E-state index contributed by atoms with van der Waals surface area (Å²) in [6.45, 7) is 3.29. The fourth-order valence-electron chi connectivity index (χ4n) is 2.44. The minimum Gasteiger partial charge on any atom is -0.389 e. The van der Waals surface area contributed by atoms with Gasteiger partial charge in [-0.25, -0.2) is 4.39 Å². The normalized spacial score (nSPS) is 19.8. The summed E-state index contributed by atoms with van der Waals surface area (Å²) in [5.74, 6) is 0.320. The molecule has 1 aromatic rings. The first-order chi connectivity index (χ1) is 9.45. The molecule has 1 amide bonds. The maximum absolute atomic E-state index is 13.6. The van der Waals surface area contributed by atoms with E-state index in [0.717, 1.165) is 24.9 Å². The molecule has 1 fully saturated rings. The number of thiocarbonyl (C=S) groups is 1. The Hall–Kier alpha value is -1.49. The smallest absolute Gasteiger partial charge is 0.222 e. The van der Waals surface area contributed by atoms with Crippen molar-refractivity contribution in [2.45, 2.75) is 32.7 Å². The summed E-state index contributed by atoms with van der Waals surface area (Å²) in [6, 6.07) is 4.51. The van der Waals surface area contributed by atoms with Crippen molar-refractivity contribution in [1.82, 2.24) is 4.90 Å². The minimum absolute atomic E-state index is 0.135. The van der Waals surface area contributed by atoms with E-state index in [4.69, 9.17) is 18.0 Å². The average Bonchev–Trinajstić information content (AvgIpc) is 2.53. The van der Waals surface area contributed by atoms with Crippen molar-refractivity contribution < 1.29 is 9.18 Å². The number of amides is 1. The third-order valence-corrected chi connectivity index (χ3v) is 3.95. The summed E-state index contributed by atoms with van der Waals surface area (Å²) in [4.78, 5) is 14.0. The molecule has 1 aromatic carbocycles. The van der Waals surface area contributed by atoms with Gasteiger partial charge >= 0.3 is 0 Å². The zero-order chi connectivity index (χ0) is 14.7. The van der Waals surface area contributed by atoms with Crippen LogP contribution in [0, 0.1) is 11.7 Å². The SMILES string of the molecule is CC1CCC(=O)N(Cc2cc(F)cc(C(N)=S)c2)CC1. The second-order valence-corrected chi connectivity index (χ2v) is 5.90. The molecule has 1 saturated heterocycles. The number of likely N-dealkylation sites (tertiary alicyclic amines) is 1. The van der Waals surface area contributed by atoms with Crippen LogP contribution in [0.15, 0.2) is 18.2 Å². The van der Waals surface area contributed by atoms with Gasteiger partial charge in [0.25, 0.3) is 0 Å². The first kappa shape index (κ1) is 14.9. The molecule has 20 heavy (non-hydrogen) atoms. The Morgan fingerprint density at radius 3 is 2.90 bits per heavy atom. The van der Waals surface area contributed by atoms with Gasteiger partial charge in [0.1, 0.15) is 10.8 Å². The van der Waals surface area contributed by atoms with Crippen LogP contribution >= 0.6 is 12.2 Å². The second kappa shape index (κ2) is 6.31. The van der Waals surface area contributed by atoms with Gasteiger partial charge in [-0.05, 0) is 42.5 Å². The maximum atomic E-state index is 13.6. The van der Waals surface area contributed by atoms with Crippen molar-refractivity contribution in [2.24, 2.45) is 11.7 Å². The lowest BCUT2D eigenvalue weighted by Gasteiger charge is -2.21. The van der Waals surface area contributed by atoms with Gasteiger partial charge < -0.3 is 10.6 Å². The van der Waals surface area contributed by atoms with Crippen LogP contribution in [-0.4, -0.2) is 22.3 Å². The molecule has 1 heterocycles. The average molecular weight is 294 g/mol. The van der Waals surface area contributed by atoms with E-state index in [2.05, 4.69) is 6.92 Å². The summed E-state index contributed by atoms with van der Waals surface area (Å²) in [5.41, 5.74) is 6.78. The zero-order valence-corrected chi connectivity index (χ0v) is 12.4. The van der Waals surface area contributed by atoms with Gasteiger partial charge in [-0.15, -0.1) is 0 Å². The van der Waals surface area contributed by atoms with Crippen LogP contribution in [0.3, 0.4) is 0 Å². The van der Waals surface area contributed by atoms with Gasteiger partial charge in [0.2, 0.25) is 5.91 Å². The number of carbonyl (C=O) groups excluding carboxylic acids is 1. The van der Waals surface area contributed by atoms with E-state index in [0.29, 0.717) is 24.4 Å². The topological polar surface area (TPSA) is 46.3 Å². The van der Waals surface area contributed by atoms with Crippen molar-refractivity contribution in [2.75, 3.05) is 6.54 Å². The Labute approximate surface area is 123 Å². The highest BCUT2D eigenvalue weighted by molar-refractivity contribution is 7.80. The number of hydrogen-bond donors (Lipinski definition) is 1. The molecule has 1 unspecified atom stereocenters. The molecule has 0 aliphatic carbocycles. The van der Waals surface area contributed by atoms with Crippen LogP contribution < -0.4 is 5.73 Å². The summed E-state index contributed by atoms with van der Waals surface area (Å²) in [5, 5.41) is 0. The Morgan fingerprint density at radius 2 is 2.20 bits per heavy atom. The molecule has 3 nitrogen and oxygen atoms in total. The molecule has 0 aromatic heterocycles. The van der Waals surface area contributed by atoms with Crippen LogP contribution in [0.25, 0.3) is 0 Å². The van der Waals surface area contributed by atoms with E-state index in [9.17, 15) is 9.18 Å². The predicted octanol–water partition coefficient (Wildman–Crippen LogP) is 2.61. The Balaban J connectivity index is 2.16. The lowest BCUT2D eigenvalue weighted by Crippen LogP contribution is -2.30. The fraction of sp³-hybridized carbons (Fsp3) is 0.467.